The van der Waals surface area contributed by atoms with Crippen molar-refractivity contribution in [3.63, 3.8) is 0 Å². The molecule has 11 heteroatoms. The summed E-state index contributed by atoms with van der Waals surface area (Å²) in [5, 5.41) is 0. The molecule has 1 amide bonds. The van der Waals surface area contributed by atoms with Crippen LogP contribution in [0.1, 0.15) is 41.2 Å². The number of ether oxygens (including phenoxy) is 1. The molecule has 2 heterocycles. The van der Waals surface area contributed by atoms with E-state index < -0.39 is 28.6 Å². The van der Waals surface area contributed by atoms with E-state index in [2.05, 4.69) is 9.97 Å². The normalized spacial score (nSPS) is 14.2. The number of imidazole rings is 1. The SMILES string of the molecule is CCc1c(C(=O)N2CCOc3ccc(-c4ccc(-c5cnc(C(F)(F)F)[nH]5)cc4)cc3C2)ccc(S(=O)CC)c1F. The number of alkyl halides is 3. The second-order valence-electron chi connectivity index (χ2n) is 9.51. The zero-order chi connectivity index (χ0) is 29.3. The first-order valence-corrected chi connectivity index (χ1v) is 14.4. The van der Waals surface area contributed by atoms with E-state index in [1.165, 1.54) is 6.07 Å². The highest BCUT2D eigenvalue weighted by atomic mass is 32.2. The van der Waals surface area contributed by atoms with Crippen LogP contribution in [0, 0.1) is 5.82 Å². The van der Waals surface area contributed by atoms with Crippen LogP contribution >= 0.6 is 0 Å². The van der Waals surface area contributed by atoms with E-state index in [0.29, 0.717) is 17.9 Å². The van der Waals surface area contributed by atoms with Gasteiger partial charge in [-0.05, 0) is 47.4 Å². The van der Waals surface area contributed by atoms with Crippen molar-refractivity contribution in [1.29, 1.82) is 0 Å². The number of fused-ring (bicyclic) bond motifs is 1. The van der Waals surface area contributed by atoms with E-state index in [0.717, 1.165) is 22.9 Å². The number of halogens is 4. The summed E-state index contributed by atoms with van der Waals surface area (Å²) < 4.78 is 72.1. The van der Waals surface area contributed by atoms with Gasteiger partial charge in [0, 0.05) is 29.0 Å². The highest BCUT2D eigenvalue weighted by molar-refractivity contribution is 7.85. The van der Waals surface area contributed by atoms with Crippen LogP contribution in [0.4, 0.5) is 17.6 Å². The topological polar surface area (TPSA) is 75.3 Å². The molecule has 4 aromatic rings. The number of amides is 1. The van der Waals surface area contributed by atoms with E-state index in [1.807, 2.05) is 18.2 Å². The Morgan fingerprint density at radius 3 is 2.41 bits per heavy atom. The lowest BCUT2D eigenvalue weighted by Crippen LogP contribution is -2.33. The summed E-state index contributed by atoms with van der Waals surface area (Å²) in [5.74, 6) is -1.07. The quantitative estimate of drug-likeness (QED) is 0.258. The van der Waals surface area contributed by atoms with Crippen LogP contribution in [0.3, 0.4) is 0 Å². The molecule has 1 unspecified atom stereocenters. The summed E-state index contributed by atoms with van der Waals surface area (Å²) in [6.07, 6.45) is -3.13. The van der Waals surface area contributed by atoms with E-state index in [4.69, 9.17) is 4.74 Å². The van der Waals surface area contributed by atoms with Gasteiger partial charge in [0.15, 0.2) is 0 Å². The zero-order valence-corrected chi connectivity index (χ0v) is 23.2. The number of nitrogens with zero attached hydrogens (tertiary/aromatic N) is 2. The first kappa shape index (κ1) is 28.5. The Kier molecular flexibility index (Phi) is 7.99. The molecule has 0 fully saturated rings. The van der Waals surface area contributed by atoms with Crippen LogP contribution in [0.5, 0.6) is 5.75 Å². The number of aromatic amines is 1. The Hall–Kier alpha value is -3.99. The van der Waals surface area contributed by atoms with Gasteiger partial charge in [0.25, 0.3) is 5.91 Å². The van der Waals surface area contributed by atoms with Crippen molar-refractivity contribution in [2.45, 2.75) is 37.9 Å². The molecular weight excluding hydrogens is 558 g/mol. The first-order valence-electron chi connectivity index (χ1n) is 13.1. The molecule has 1 atom stereocenters. The molecule has 1 N–H and O–H groups in total. The molecule has 214 valence electrons. The number of H-pyrrole nitrogens is 1. The predicted molar refractivity (Wildman–Crippen MR) is 147 cm³/mol. The van der Waals surface area contributed by atoms with Gasteiger partial charge in [-0.25, -0.2) is 9.37 Å². The second-order valence-corrected chi connectivity index (χ2v) is 11.2. The Morgan fingerprint density at radius 1 is 1.05 bits per heavy atom. The van der Waals surface area contributed by atoms with Crippen molar-refractivity contribution in [2.24, 2.45) is 0 Å². The minimum atomic E-state index is -4.55. The number of hydrogen-bond acceptors (Lipinski definition) is 4. The van der Waals surface area contributed by atoms with Gasteiger partial charge in [-0.2, -0.15) is 13.2 Å². The molecule has 0 radical (unpaired) electrons. The number of aromatic nitrogens is 2. The van der Waals surface area contributed by atoms with E-state index in [1.54, 1.807) is 49.1 Å². The van der Waals surface area contributed by atoms with Gasteiger partial charge in [-0.15, -0.1) is 0 Å². The number of nitrogens with one attached hydrogen (secondary N) is 1. The molecule has 0 bridgehead atoms. The number of carbonyl (C=O) groups is 1. The maximum Gasteiger partial charge on any atom is 0.449 e. The predicted octanol–water partition coefficient (Wildman–Crippen LogP) is 6.63. The third-order valence-corrected chi connectivity index (χ3v) is 8.33. The largest absolute Gasteiger partial charge is 0.491 e. The van der Waals surface area contributed by atoms with E-state index in [9.17, 15) is 22.2 Å². The van der Waals surface area contributed by atoms with Gasteiger partial charge in [-0.3, -0.25) is 9.00 Å². The molecule has 0 saturated heterocycles. The Balaban J connectivity index is 1.39. The molecule has 41 heavy (non-hydrogen) atoms. The smallest absolute Gasteiger partial charge is 0.449 e. The zero-order valence-electron chi connectivity index (χ0n) is 22.3. The Bertz CT molecular complexity index is 1620. The summed E-state index contributed by atoms with van der Waals surface area (Å²) >= 11 is 0. The third kappa shape index (κ3) is 5.76. The van der Waals surface area contributed by atoms with Crippen molar-refractivity contribution >= 4 is 16.7 Å². The molecule has 0 spiro atoms. The summed E-state index contributed by atoms with van der Waals surface area (Å²) in [5.41, 5.74) is 3.72. The summed E-state index contributed by atoms with van der Waals surface area (Å²) in [7, 11) is -1.48. The van der Waals surface area contributed by atoms with Gasteiger partial charge in [0.1, 0.15) is 18.2 Å². The first-order chi connectivity index (χ1) is 19.6. The van der Waals surface area contributed by atoms with Crippen LogP contribution in [0.2, 0.25) is 0 Å². The average molecular weight is 586 g/mol. The van der Waals surface area contributed by atoms with Gasteiger partial charge in [-0.1, -0.05) is 44.2 Å². The Morgan fingerprint density at radius 2 is 1.76 bits per heavy atom. The number of carbonyl (C=O) groups excluding carboxylic acids is 1. The van der Waals surface area contributed by atoms with Crippen LogP contribution in [-0.4, -0.2) is 43.9 Å². The monoisotopic (exact) mass is 585 g/mol. The fraction of sp³-hybridized carbons (Fsp3) is 0.267. The number of rotatable bonds is 6. The van der Waals surface area contributed by atoms with Crippen LogP contribution in [-0.2, 0) is 29.9 Å². The second kappa shape index (κ2) is 11.5. The lowest BCUT2D eigenvalue weighted by molar-refractivity contribution is -0.144. The molecule has 0 saturated carbocycles. The molecule has 3 aromatic carbocycles. The minimum Gasteiger partial charge on any atom is -0.491 e. The fourth-order valence-electron chi connectivity index (χ4n) is 4.85. The summed E-state index contributed by atoms with van der Waals surface area (Å²) in [6.45, 7) is 4.27. The van der Waals surface area contributed by atoms with Crippen molar-refractivity contribution in [1.82, 2.24) is 14.9 Å². The van der Waals surface area contributed by atoms with Gasteiger partial charge in [0.2, 0.25) is 5.82 Å². The third-order valence-electron chi connectivity index (χ3n) is 7.00. The standard InChI is InChI=1S/C30H27F4N3O3S/c1-3-22-23(10-12-26(27(22)31)41(39)4-2)28(38)37-13-14-40-25-11-9-20(15-21(25)17-37)18-5-7-19(8-6-18)24-16-35-29(36-24)30(32,33)34/h5-12,15-16H,3-4,13-14,17H2,1-2H3,(H,35,36). The molecule has 0 aliphatic carbocycles. The molecule has 5 rings (SSSR count). The molecule has 1 aliphatic heterocycles. The maximum atomic E-state index is 15.2. The average Bonchev–Trinajstić information content (AvgIpc) is 3.38. The van der Waals surface area contributed by atoms with Gasteiger partial charge in [0.05, 0.1) is 34.1 Å². The Labute approximate surface area is 236 Å². The van der Waals surface area contributed by atoms with Crippen LogP contribution in [0.25, 0.3) is 22.4 Å². The molecular formula is C30H27F4N3O3S. The van der Waals surface area contributed by atoms with Crippen molar-refractivity contribution in [2.75, 3.05) is 18.9 Å². The van der Waals surface area contributed by atoms with Crippen molar-refractivity contribution < 1.29 is 31.3 Å². The summed E-state index contributed by atoms with van der Waals surface area (Å²) in [6, 6.07) is 15.6. The van der Waals surface area contributed by atoms with Gasteiger partial charge >= 0.3 is 6.18 Å². The lowest BCUT2D eigenvalue weighted by Gasteiger charge is -2.22. The molecule has 6 nitrogen and oxygen atoms in total. The van der Waals surface area contributed by atoms with E-state index >= 15 is 4.39 Å². The number of benzene rings is 3. The summed E-state index contributed by atoms with van der Waals surface area (Å²) in [4.78, 5) is 21.0. The van der Waals surface area contributed by atoms with Gasteiger partial charge < -0.3 is 14.6 Å². The van der Waals surface area contributed by atoms with Crippen LogP contribution in [0.15, 0.2) is 65.7 Å². The molecule has 1 aliphatic rings. The number of hydrogen-bond donors (Lipinski definition) is 1. The fourth-order valence-corrected chi connectivity index (χ4v) is 5.70. The minimum absolute atomic E-state index is 0.106. The van der Waals surface area contributed by atoms with E-state index in [-0.39, 0.29) is 52.9 Å². The van der Waals surface area contributed by atoms with Crippen LogP contribution < -0.4 is 4.74 Å². The van der Waals surface area contributed by atoms with Crippen molar-refractivity contribution in [3.8, 4) is 28.1 Å². The maximum absolute atomic E-state index is 15.2. The highest BCUT2D eigenvalue weighted by Gasteiger charge is 2.34. The highest BCUT2D eigenvalue weighted by Crippen LogP contribution is 2.33. The lowest BCUT2D eigenvalue weighted by atomic mass is 10.00. The van der Waals surface area contributed by atoms with Crippen molar-refractivity contribution in [3.05, 3.63) is 89.1 Å². The molecule has 1 aromatic heterocycles.